The minimum absolute atomic E-state index is 0.0118. The summed E-state index contributed by atoms with van der Waals surface area (Å²) in [4.78, 5) is 12.9. The van der Waals surface area contributed by atoms with Crippen molar-refractivity contribution in [3.63, 3.8) is 0 Å². The van der Waals surface area contributed by atoms with Gasteiger partial charge in [-0.2, -0.15) is 0 Å². The van der Waals surface area contributed by atoms with Crippen molar-refractivity contribution in [1.29, 1.82) is 0 Å². The van der Waals surface area contributed by atoms with E-state index in [2.05, 4.69) is 4.90 Å². The lowest BCUT2D eigenvalue weighted by Crippen LogP contribution is -2.41. The Balaban J connectivity index is 1.81. The number of anilines is 1. The molecule has 0 unspecified atom stereocenters. The molecule has 0 radical (unpaired) electrons. The van der Waals surface area contributed by atoms with Gasteiger partial charge in [-0.15, -0.1) is 0 Å². The number of aliphatic hydroxyl groups is 1. The Kier molecular flexibility index (Phi) is 4.61. The summed E-state index contributed by atoms with van der Waals surface area (Å²) in [6.07, 6.45) is 4.00. The maximum Gasteiger partial charge on any atom is 0.271 e. The van der Waals surface area contributed by atoms with Gasteiger partial charge in [-0.1, -0.05) is 23.7 Å². The third-order valence-electron chi connectivity index (χ3n) is 5.39. The summed E-state index contributed by atoms with van der Waals surface area (Å²) < 4.78 is 2.02. The molecule has 27 heavy (non-hydrogen) atoms. The number of nitro groups is 1. The minimum atomic E-state index is -1.30. The van der Waals surface area contributed by atoms with Crippen LogP contribution in [0.1, 0.15) is 31.2 Å². The zero-order valence-electron chi connectivity index (χ0n) is 14.8. The molecule has 2 heterocycles. The van der Waals surface area contributed by atoms with Crippen LogP contribution in [0.2, 0.25) is 5.02 Å². The largest absolute Gasteiger partial charge is 0.346 e. The van der Waals surface area contributed by atoms with Crippen LogP contribution in [0.25, 0.3) is 0 Å². The van der Waals surface area contributed by atoms with E-state index in [9.17, 15) is 15.2 Å². The molecule has 2 aromatic carbocycles. The summed E-state index contributed by atoms with van der Waals surface area (Å²) in [6.45, 7) is 1.05. The first-order chi connectivity index (χ1) is 13.0. The highest BCUT2D eigenvalue weighted by molar-refractivity contribution is 6.30. The molecule has 1 atom stereocenters. The highest BCUT2D eigenvalue weighted by Gasteiger charge is 2.52. The normalized spacial score (nSPS) is 22.5. The van der Waals surface area contributed by atoms with Crippen LogP contribution < -0.4 is 4.90 Å². The number of β-amino-alcohol motifs (C(OH)–C–C–N with tert-alkyl or cyclic N) is 1. The van der Waals surface area contributed by atoms with Crippen LogP contribution >= 0.6 is 11.6 Å². The average molecular weight is 387 g/mol. The number of rotatable bonds is 3. The molecule has 4 rings (SSSR count). The van der Waals surface area contributed by atoms with E-state index < -0.39 is 10.6 Å². The number of hydrogen-bond donors (Lipinski definition) is 1. The van der Waals surface area contributed by atoms with Crippen LogP contribution in [0.15, 0.2) is 48.5 Å². The molecule has 2 aliphatic heterocycles. The molecule has 6 nitrogen and oxygen atoms in total. The average Bonchev–Trinajstić information content (AvgIpc) is 2.83. The highest BCUT2D eigenvalue weighted by Crippen LogP contribution is 2.36. The van der Waals surface area contributed by atoms with Gasteiger partial charge in [0.15, 0.2) is 6.54 Å². The first kappa shape index (κ1) is 17.9. The van der Waals surface area contributed by atoms with Gasteiger partial charge in [-0.25, -0.2) is 9.48 Å². The van der Waals surface area contributed by atoms with Gasteiger partial charge in [0.2, 0.25) is 0 Å². The zero-order chi connectivity index (χ0) is 19.0. The van der Waals surface area contributed by atoms with Crippen LogP contribution in [0, 0.1) is 10.1 Å². The Morgan fingerprint density at radius 3 is 2.67 bits per heavy atom. The molecular weight excluding hydrogens is 366 g/mol. The Labute approximate surface area is 162 Å². The monoisotopic (exact) mass is 386 g/mol. The predicted molar refractivity (Wildman–Crippen MR) is 104 cm³/mol. The van der Waals surface area contributed by atoms with Crippen molar-refractivity contribution in [1.82, 2.24) is 0 Å². The van der Waals surface area contributed by atoms with E-state index in [0.717, 1.165) is 43.8 Å². The summed E-state index contributed by atoms with van der Waals surface area (Å²) in [6, 6.07) is 13.9. The van der Waals surface area contributed by atoms with Crippen molar-refractivity contribution in [2.24, 2.45) is 0 Å². The van der Waals surface area contributed by atoms with Gasteiger partial charge < -0.3 is 5.11 Å². The van der Waals surface area contributed by atoms with E-state index in [1.807, 2.05) is 28.8 Å². The summed E-state index contributed by atoms with van der Waals surface area (Å²) in [5.74, 6) is 1.06. The Morgan fingerprint density at radius 1 is 1.15 bits per heavy atom. The van der Waals surface area contributed by atoms with E-state index in [0.29, 0.717) is 17.1 Å². The Morgan fingerprint density at radius 2 is 1.93 bits per heavy atom. The van der Waals surface area contributed by atoms with Crippen LogP contribution in [-0.4, -0.2) is 33.5 Å². The fourth-order valence-corrected chi connectivity index (χ4v) is 4.17. The molecule has 1 N–H and O–H groups in total. The molecule has 0 saturated carbocycles. The maximum atomic E-state index is 11.7. The van der Waals surface area contributed by atoms with Gasteiger partial charge in [0.05, 0.1) is 11.5 Å². The van der Waals surface area contributed by atoms with Crippen molar-refractivity contribution in [2.75, 3.05) is 18.0 Å². The molecule has 2 aliphatic rings. The van der Waals surface area contributed by atoms with E-state index in [1.165, 1.54) is 12.1 Å². The third kappa shape index (κ3) is 3.19. The number of halogens is 1. The summed E-state index contributed by atoms with van der Waals surface area (Å²) in [5, 5.41) is 23.6. The van der Waals surface area contributed by atoms with Crippen molar-refractivity contribution >= 4 is 28.8 Å². The molecule has 0 bridgehead atoms. The highest BCUT2D eigenvalue weighted by atomic mass is 35.5. The number of amidine groups is 1. The van der Waals surface area contributed by atoms with Crippen LogP contribution in [-0.2, 0) is 5.72 Å². The van der Waals surface area contributed by atoms with E-state index in [4.69, 9.17) is 11.6 Å². The van der Waals surface area contributed by atoms with Crippen LogP contribution in [0.4, 0.5) is 11.4 Å². The SMILES string of the molecule is O=[N+]([O-])c1cccc([C@@]2(O)CN(c3ccc(Cl)cc3)C3=[N+]2CCCCC3)c1. The second kappa shape index (κ2) is 6.94. The van der Waals surface area contributed by atoms with Gasteiger partial charge in [-0.3, -0.25) is 10.1 Å². The third-order valence-corrected chi connectivity index (χ3v) is 5.64. The van der Waals surface area contributed by atoms with E-state index in [-0.39, 0.29) is 5.69 Å². The van der Waals surface area contributed by atoms with Gasteiger partial charge >= 0.3 is 0 Å². The first-order valence-corrected chi connectivity index (χ1v) is 9.51. The fourth-order valence-electron chi connectivity index (χ4n) is 4.05. The fraction of sp³-hybridized carbons (Fsp3) is 0.350. The van der Waals surface area contributed by atoms with Crippen molar-refractivity contribution in [3.05, 3.63) is 69.2 Å². The Bertz CT molecular complexity index is 913. The lowest BCUT2D eigenvalue weighted by Gasteiger charge is -2.23. The molecule has 0 saturated heterocycles. The molecule has 0 aromatic heterocycles. The number of non-ortho nitro benzene ring substituents is 1. The van der Waals surface area contributed by atoms with E-state index in [1.54, 1.807) is 12.1 Å². The molecule has 0 spiro atoms. The summed E-state index contributed by atoms with van der Waals surface area (Å²) in [5.41, 5.74) is 0.197. The zero-order valence-corrected chi connectivity index (χ0v) is 15.6. The first-order valence-electron chi connectivity index (χ1n) is 9.13. The van der Waals surface area contributed by atoms with Crippen molar-refractivity contribution in [3.8, 4) is 0 Å². The topological polar surface area (TPSA) is 69.6 Å². The lowest BCUT2D eigenvalue weighted by molar-refractivity contribution is -0.658. The van der Waals surface area contributed by atoms with Gasteiger partial charge in [0, 0.05) is 29.1 Å². The lowest BCUT2D eigenvalue weighted by atomic mass is 10.0. The quantitative estimate of drug-likeness (QED) is 0.493. The predicted octanol–water partition coefficient (Wildman–Crippen LogP) is 3.90. The standard InChI is InChI=1S/C20H21ClN3O3/c21-16-8-10-17(11-9-16)22-14-20(25,23-12-3-1-2-7-19(22)23)15-5-4-6-18(13-15)24(26)27/h4-6,8-11,13,25H,1-3,7,12,14H2/q+1/t20-/m0/s1. The maximum absolute atomic E-state index is 11.7. The Hall–Kier alpha value is -2.44. The number of nitro benzene ring substituents is 1. The van der Waals surface area contributed by atoms with Gasteiger partial charge in [0.25, 0.3) is 17.2 Å². The number of nitrogens with zero attached hydrogens (tertiary/aromatic N) is 3. The number of benzene rings is 2. The minimum Gasteiger partial charge on any atom is -0.346 e. The molecule has 0 aliphatic carbocycles. The van der Waals surface area contributed by atoms with Crippen LogP contribution in [0.5, 0.6) is 0 Å². The number of hydrogen-bond acceptors (Lipinski definition) is 4. The second-order valence-corrected chi connectivity index (χ2v) is 7.50. The van der Waals surface area contributed by atoms with Crippen molar-refractivity contribution < 1.29 is 14.6 Å². The second-order valence-electron chi connectivity index (χ2n) is 7.07. The molecule has 2 aromatic rings. The van der Waals surface area contributed by atoms with Crippen molar-refractivity contribution in [2.45, 2.75) is 31.4 Å². The molecule has 0 amide bonds. The molecule has 7 heteroatoms. The molecular formula is C20H21ClN3O3+. The summed E-state index contributed by atoms with van der Waals surface area (Å²) in [7, 11) is 0. The van der Waals surface area contributed by atoms with Crippen LogP contribution in [0.3, 0.4) is 0 Å². The van der Waals surface area contributed by atoms with Gasteiger partial charge in [-0.05, 0) is 43.5 Å². The smallest absolute Gasteiger partial charge is 0.271 e. The molecule has 140 valence electrons. The van der Waals surface area contributed by atoms with Gasteiger partial charge in [0.1, 0.15) is 5.69 Å². The summed E-state index contributed by atoms with van der Waals surface area (Å²) >= 11 is 6.03. The van der Waals surface area contributed by atoms with E-state index >= 15 is 0 Å². The molecule has 0 fully saturated rings.